The Labute approximate surface area is 199 Å². The SMILES string of the molecule is Cc1c(Nc2ccc(C(=O)NC3=NCCCN3)cc2C2CC2)cccc1C(=O)CC1(C#N)CC1. The summed E-state index contributed by atoms with van der Waals surface area (Å²) in [6.45, 7) is 3.48. The van der Waals surface area contributed by atoms with Crippen LogP contribution in [-0.2, 0) is 0 Å². The summed E-state index contributed by atoms with van der Waals surface area (Å²) in [7, 11) is 0. The summed E-state index contributed by atoms with van der Waals surface area (Å²) in [6, 6.07) is 13.7. The average Bonchev–Trinajstić information content (AvgIpc) is 3.77. The molecule has 2 saturated carbocycles. The second-order valence-corrected chi connectivity index (χ2v) is 9.64. The zero-order valence-electron chi connectivity index (χ0n) is 19.4. The lowest BCUT2D eigenvalue weighted by Crippen LogP contribution is -2.43. The van der Waals surface area contributed by atoms with Crippen LogP contribution >= 0.6 is 0 Å². The number of nitrogens with one attached hydrogen (secondary N) is 3. The number of amides is 1. The number of benzene rings is 2. The average molecular weight is 456 g/mol. The van der Waals surface area contributed by atoms with Gasteiger partial charge in [-0.25, -0.2) is 0 Å². The predicted molar refractivity (Wildman–Crippen MR) is 131 cm³/mol. The Morgan fingerprint density at radius 3 is 2.71 bits per heavy atom. The van der Waals surface area contributed by atoms with Gasteiger partial charge in [-0.3, -0.25) is 19.9 Å². The maximum absolute atomic E-state index is 12.9. The molecule has 2 fully saturated rings. The van der Waals surface area contributed by atoms with E-state index in [2.05, 4.69) is 27.0 Å². The number of nitriles is 1. The molecule has 0 unspecified atom stereocenters. The van der Waals surface area contributed by atoms with Crippen LogP contribution in [0.1, 0.15) is 76.3 Å². The first kappa shape index (κ1) is 22.1. The minimum absolute atomic E-state index is 0.0221. The van der Waals surface area contributed by atoms with Crippen LogP contribution < -0.4 is 16.0 Å². The molecule has 0 radical (unpaired) electrons. The Hall–Kier alpha value is -3.66. The van der Waals surface area contributed by atoms with E-state index in [0.717, 1.165) is 67.7 Å². The largest absolute Gasteiger partial charge is 0.356 e. The second-order valence-electron chi connectivity index (χ2n) is 9.64. The molecule has 0 atom stereocenters. The Balaban J connectivity index is 1.36. The van der Waals surface area contributed by atoms with Gasteiger partial charge in [-0.2, -0.15) is 5.26 Å². The van der Waals surface area contributed by atoms with Crippen LogP contribution in [0.2, 0.25) is 0 Å². The normalized spacial score (nSPS) is 18.2. The summed E-state index contributed by atoms with van der Waals surface area (Å²) in [5.41, 5.74) is 4.63. The van der Waals surface area contributed by atoms with Crippen molar-refractivity contribution in [1.82, 2.24) is 10.6 Å². The van der Waals surface area contributed by atoms with Crippen LogP contribution in [0.15, 0.2) is 41.4 Å². The van der Waals surface area contributed by atoms with Gasteiger partial charge in [0.1, 0.15) is 0 Å². The molecule has 3 aliphatic rings. The Morgan fingerprint density at radius 2 is 2.03 bits per heavy atom. The van der Waals surface area contributed by atoms with Crippen molar-refractivity contribution in [3.05, 3.63) is 58.7 Å². The van der Waals surface area contributed by atoms with Crippen LogP contribution in [-0.4, -0.2) is 30.7 Å². The molecular weight excluding hydrogens is 426 g/mol. The van der Waals surface area contributed by atoms with Crippen LogP contribution in [0.5, 0.6) is 0 Å². The van der Waals surface area contributed by atoms with Crippen molar-refractivity contribution in [3.8, 4) is 6.07 Å². The van der Waals surface area contributed by atoms with Crippen molar-refractivity contribution in [3.63, 3.8) is 0 Å². The number of aliphatic imine (C=N–C) groups is 1. The molecule has 0 bridgehead atoms. The lowest BCUT2D eigenvalue weighted by Gasteiger charge is -2.18. The van der Waals surface area contributed by atoms with Crippen LogP contribution in [0, 0.1) is 23.7 Å². The van der Waals surface area contributed by atoms with Gasteiger partial charge in [-0.05, 0) is 80.3 Å². The van der Waals surface area contributed by atoms with Gasteiger partial charge in [-0.1, -0.05) is 12.1 Å². The molecule has 1 amide bonds. The molecule has 5 rings (SSSR count). The molecule has 7 nitrogen and oxygen atoms in total. The molecule has 2 aromatic carbocycles. The number of hydrogen-bond donors (Lipinski definition) is 3. The fraction of sp³-hybridized carbons (Fsp3) is 0.407. The highest BCUT2D eigenvalue weighted by Crippen LogP contribution is 2.49. The van der Waals surface area contributed by atoms with Crippen molar-refractivity contribution in [1.29, 1.82) is 5.26 Å². The highest BCUT2D eigenvalue weighted by Gasteiger charge is 2.45. The molecule has 2 aliphatic carbocycles. The van der Waals surface area contributed by atoms with E-state index in [1.165, 1.54) is 0 Å². The van der Waals surface area contributed by atoms with Crippen molar-refractivity contribution in [2.75, 3.05) is 18.4 Å². The molecule has 0 aromatic heterocycles. The summed E-state index contributed by atoms with van der Waals surface area (Å²) in [5.74, 6) is 0.814. The van der Waals surface area contributed by atoms with Crippen LogP contribution in [0.25, 0.3) is 0 Å². The van der Waals surface area contributed by atoms with E-state index in [-0.39, 0.29) is 18.1 Å². The van der Waals surface area contributed by atoms with Gasteiger partial charge in [-0.15, -0.1) is 0 Å². The minimum atomic E-state index is -0.457. The quantitative estimate of drug-likeness (QED) is 0.530. The predicted octanol–water partition coefficient (Wildman–Crippen LogP) is 4.57. The first-order chi connectivity index (χ1) is 16.5. The smallest absolute Gasteiger partial charge is 0.257 e. The first-order valence-corrected chi connectivity index (χ1v) is 12.0. The van der Waals surface area contributed by atoms with Gasteiger partial charge >= 0.3 is 0 Å². The summed E-state index contributed by atoms with van der Waals surface area (Å²) >= 11 is 0. The third-order valence-electron chi connectivity index (χ3n) is 6.95. The number of carbonyl (C=O) groups excluding carboxylic acids is 2. The van der Waals surface area contributed by atoms with Crippen molar-refractivity contribution >= 4 is 29.0 Å². The standard InChI is InChI=1S/C27H29N5O2/c1-17-20(24(33)15-27(16-28)10-11-27)4-2-5-22(17)31-23-9-8-19(14-21(23)18-6-7-18)25(34)32-26-29-12-3-13-30-26/h2,4-5,8-9,14,18,31H,3,6-7,10-13,15H2,1H3,(H2,29,30,32,34). The molecule has 0 spiro atoms. The number of nitrogens with zero attached hydrogens (tertiary/aromatic N) is 2. The number of Topliss-reactive ketones (excluding diaryl/α,β-unsaturated/α-hetero) is 1. The van der Waals surface area contributed by atoms with E-state index >= 15 is 0 Å². The summed E-state index contributed by atoms with van der Waals surface area (Å²) in [6.07, 6.45) is 5.06. The topological polar surface area (TPSA) is 106 Å². The minimum Gasteiger partial charge on any atom is -0.356 e. The van der Waals surface area contributed by atoms with E-state index < -0.39 is 5.41 Å². The van der Waals surface area contributed by atoms with E-state index in [1.54, 1.807) is 0 Å². The van der Waals surface area contributed by atoms with E-state index in [0.29, 0.717) is 23.0 Å². The number of anilines is 2. The number of rotatable bonds is 7. The maximum atomic E-state index is 12.9. The molecule has 7 heteroatoms. The zero-order chi connectivity index (χ0) is 23.7. The number of guanidine groups is 1. The van der Waals surface area contributed by atoms with Gasteiger partial charge in [0.15, 0.2) is 11.7 Å². The van der Waals surface area contributed by atoms with Crippen molar-refractivity contribution in [2.24, 2.45) is 10.4 Å². The lowest BCUT2D eigenvalue weighted by molar-refractivity contribution is 0.0960. The molecule has 34 heavy (non-hydrogen) atoms. The fourth-order valence-corrected chi connectivity index (χ4v) is 4.45. The molecule has 1 heterocycles. The second kappa shape index (κ2) is 8.94. The van der Waals surface area contributed by atoms with Gasteiger partial charge in [0.25, 0.3) is 5.91 Å². The van der Waals surface area contributed by atoms with Crippen LogP contribution in [0.4, 0.5) is 11.4 Å². The highest BCUT2D eigenvalue weighted by molar-refractivity contribution is 6.06. The number of carbonyl (C=O) groups is 2. The molecular formula is C27H29N5O2. The van der Waals surface area contributed by atoms with Crippen molar-refractivity contribution < 1.29 is 9.59 Å². The summed E-state index contributed by atoms with van der Waals surface area (Å²) in [4.78, 5) is 30.0. The van der Waals surface area contributed by atoms with Crippen LogP contribution in [0.3, 0.4) is 0 Å². The van der Waals surface area contributed by atoms with Gasteiger partial charge < -0.3 is 10.6 Å². The third kappa shape index (κ3) is 4.67. The van der Waals surface area contributed by atoms with E-state index in [4.69, 9.17) is 0 Å². The van der Waals surface area contributed by atoms with Crippen molar-refractivity contribution in [2.45, 2.75) is 51.4 Å². The number of ketones is 1. The molecule has 2 aromatic rings. The summed E-state index contributed by atoms with van der Waals surface area (Å²) < 4.78 is 0. The monoisotopic (exact) mass is 455 g/mol. The molecule has 3 N–H and O–H groups in total. The number of hydrogen-bond acceptors (Lipinski definition) is 6. The third-order valence-corrected chi connectivity index (χ3v) is 6.95. The van der Waals surface area contributed by atoms with E-state index in [9.17, 15) is 14.9 Å². The molecule has 1 aliphatic heterocycles. The summed E-state index contributed by atoms with van der Waals surface area (Å²) in [5, 5.41) is 18.9. The molecule has 174 valence electrons. The lowest BCUT2D eigenvalue weighted by atomic mass is 9.93. The Kier molecular flexibility index (Phi) is 5.82. The Bertz CT molecular complexity index is 1220. The first-order valence-electron chi connectivity index (χ1n) is 12.0. The van der Waals surface area contributed by atoms with E-state index in [1.807, 2.05) is 43.3 Å². The molecule has 0 saturated heterocycles. The maximum Gasteiger partial charge on any atom is 0.257 e. The van der Waals surface area contributed by atoms with Gasteiger partial charge in [0, 0.05) is 42.0 Å². The van der Waals surface area contributed by atoms with Gasteiger partial charge in [0.05, 0.1) is 11.5 Å². The fourth-order valence-electron chi connectivity index (χ4n) is 4.45. The van der Waals surface area contributed by atoms with Gasteiger partial charge in [0.2, 0.25) is 0 Å². The Morgan fingerprint density at radius 1 is 1.21 bits per heavy atom. The zero-order valence-corrected chi connectivity index (χ0v) is 19.4. The highest BCUT2D eigenvalue weighted by atomic mass is 16.2.